The van der Waals surface area contributed by atoms with Gasteiger partial charge in [0.1, 0.15) is 6.04 Å². The lowest BCUT2D eigenvalue weighted by atomic mass is 9.97. The zero-order valence-electron chi connectivity index (χ0n) is 25.7. The Kier molecular flexibility index (Phi) is 8.96. The van der Waals surface area contributed by atoms with E-state index in [9.17, 15) is 9.59 Å². The number of carbonyl (C=O) groups excluding carboxylic acids is 2. The number of fused-ring (bicyclic) bond motifs is 1. The van der Waals surface area contributed by atoms with E-state index in [1.54, 1.807) is 40.3 Å². The Hall–Kier alpha value is -5.30. The van der Waals surface area contributed by atoms with Crippen LogP contribution in [-0.2, 0) is 42.6 Å². The summed E-state index contributed by atoms with van der Waals surface area (Å²) in [5.41, 5.74) is 8.35. The Bertz CT molecular complexity index is 1800. The molecule has 6 rings (SSSR count). The first kappa shape index (κ1) is 29.8. The summed E-state index contributed by atoms with van der Waals surface area (Å²) in [7, 11) is 1.88. The molecule has 0 saturated heterocycles. The molecule has 0 spiro atoms. The molecule has 45 heavy (non-hydrogen) atoms. The van der Waals surface area contributed by atoms with Crippen LogP contribution in [0.3, 0.4) is 0 Å². The SMILES string of the molecule is Cc1c(C=CC(=O)N(Cc2ccc(-c3ccncc3)cc2)[C@@H](Cc2ccccc2)C(=O)N2CCc3ccccc3C2)cnn1C. The molecule has 1 atom stereocenters. The molecular formula is C38H37N5O2. The molecule has 0 fully saturated rings. The fourth-order valence-corrected chi connectivity index (χ4v) is 5.88. The highest BCUT2D eigenvalue weighted by Gasteiger charge is 2.34. The van der Waals surface area contributed by atoms with Crippen molar-refractivity contribution >= 4 is 17.9 Å². The number of hydrogen-bond acceptors (Lipinski definition) is 4. The van der Waals surface area contributed by atoms with Crippen molar-refractivity contribution in [3.05, 3.63) is 149 Å². The molecule has 0 aliphatic carbocycles. The van der Waals surface area contributed by atoms with Crippen molar-refractivity contribution in [2.75, 3.05) is 6.54 Å². The second-order valence-electron chi connectivity index (χ2n) is 11.5. The van der Waals surface area contributed by atoms with Gasteiger partial charge in [0.25, 0.3) is 0 Å². The van der Waals surface area contributed by atoms with Crippen molar-refractivity contribution in [2.45, 2.75) is 38.9 Å². The first-order valence-electron chi connectivity index (χ1n) is 15.3. The highest BCUT2D eigenvalue weighted by Crippen LogP contribution is 2.24. The number of aromatic nitrogens is 3. The molecule has 0 radical (unpaired) electrons. The van der Waals surface area contributed by atoms with E-state index in [0.717, 1.165) is 45.5 Å². The molecule has 3 aromatic carbocycles. The number of nitrogens with zero attached hydrogens (tertiary/aromatic N) is 5. The molecular weight excluding hydrogens is 558 g/mol. The number of rotatable bonds is 9. The van der Waals surface area contributed by atoms with Crippen molar-refractivity contribution < 1.29 is 9.59 Å². The van der Waals surface area contributed by atoms with E-state index >= 15 is 0 Å². The van der Waals surface area contributed by atoms with Crippen LogP contribution in [0.15, 0.2) is 116 Å². The van der Waals surface area contributed by atoms with Gasteiger partial charge in [-0.3, -0.25) is 19.3 Å². The number of amides is 2. The smallest absolute Gasteiger partial charge is 0.247 e. The monoisotopic (exact) mass is 595 g/mol. The molecule has 0 N–H and O–H groups in total. The number of pyridine rings is 1. The van der Waals surface area contributed by atoms with E-state index in [1.165, 1.54) is 5.56 Å². The molecule has 1 aliphatic rings. The van der Waals surface area contributed by atoms with Gasteiger partial charge in [0.15, 0.2) is 0 Å². The average molecular weight is 596 g/mol. The number of aryl methyl sites for hydroxylation is 1. The highest BCUT2D eigenvalue weighted by molar-refractivity contribution is 5.96. The van der Waals surface area contributed by atoms with Crippen LogP contribution in [-0.4, -0.2) is 49.0 Å². The summed E-state index contributed by atoms with van der Waals surface area (Å²) in [6, 6.07) is 29.7. The third-order valence-electron chi connectivity index (χ3n) is 8.66. The largest absolute Gasteiger partial charge is 0.336 e. The lowest BCUT2D eigenvalue weighted by Gasteiger charge is -2.37. The van der Waals surface area contributed by atoms with Gasteiger partial charge in [-0.1, -0.05) is 78.9 Å². The van der Waals surface area contributed by atoms with Gasteiger partial charge in [-0.25, -0.2) is 0 Å². The Morgan fingerprint density at radius 1 is 0.867 bits per heavy atom. The fraction of sp³-hybridized carbons (Fsp3) is 0.211. The fourth-order valence-electron chi connectivity index (χ4n) is 5.88. The van der Waals surface area contributed by atoms with Crippen LogP contribution in [0.2, 0.25) is 0 Å². The number of benzene rings is 3. The van der Waals surface area contributed by atoms with E-state index in [0.29, 0.717) is 26.1 Å². The zero-order valence-corrected chi connectivity index (χ0v) is 25.7. The molecule has 2 aromatic heterocycles. The van der Waals surface area contributed by atoms with Gasteiger partial charge in [-0.15, -0.1) is 0 Å². The Morgan fingerprint density at radius 2 is 1.56 bits per heavy atom. The van der Waals surface area contributed by atoms with Gasteiger partial charge in [0, 0.05) is 62.8 Å². The molecule has 7 nitrogen and oxygen atoms in total. The minimum atomic E-state index is -0.690. The second kappa shape index (κ2) is 13.6. The van der Waals surface area contributed by atoms with Crippen LogP contribution in [0.5, 0.6) is 0 Å². The standard InChI is InChI=1S/C38H37N5O2/c1-28-34(25-40-41(28)2)16-17-37(44)43(26-30-12-14-32(15-13-30)33-18-21-39-22-19-33)36(24-29-8-4-3-5-9-29)38(45)42-23-20-31-10-6-7-11-35(31)27-42/h3-19,21-22,25,36H,20,23-24,26-27H2,1-2H3/t36-/m0/s1. The third-order valence-corrected chi connectivity index (χ3v) is 8.66. The van der Waals surface area contributed by atoms with Crippen LogP contribution >= 0.6 is 0 Å². The molecule has 3 heterocycles. The Labute approximate surface area is 264 Å². The molecule has 0 unspecified atom stereocenters. The predicted molar refractivity (Wildman–Crippen MR) is 177 cm³/mol. The second-order valence-corrected chi connectivity index (χ2v) is 11.5. The van der Waals surface area contributed by atoms with E-state index in [1.807, 2.05) is 85.6 Å². The molecule has 2 amide bonds. The van der Waals surface area contributed by atoms with Crippen molar-refractivity contribution in [3.63, 3.8) is 0 Å². The van der Waals surface area contributed by atoms with Crippen molar-refractivity contribution in [1.82, 2.24) is 24.6 Å². The topological polar surface area (TPSA) is 71.3 Å². The van der Waals surface area contributed by atoms with Crippen LogP contribution in [0.25, 0.3) is 17.2 Å². The maximum Gasteiger partial charge on any atom is 0.247 e. The maximum absolute atomic E-state index is 14.5. The summed E-state index contributed by atoms with van der Waals surface area (Å²) < 4.78 is 1.78. The normalized spacial score (nSPS) is 13.4. The van der Waals surface area contributed by atoms with Crippen molar-refractivity contribution in [3.8, 4) is 11.1 Å². The Morgan fingerprint density at radius 3 is 2.27 bits per heavy atom. The van der Waals surface area contributed by atoms with Crippen molar-refractivity contribution in [2.24, 2.45) is 7.05 Å². The highest BCUT2D eigenvalue weighted by atomic mass is 16.2. The minimum absolute atomic E-state index is 0.0407. The summed E-state index contributed by atoms with van der Waals surface area (Å²) in [4.78, 5) is 36.5. The first-order chi connectivity index (χ1) is 22.0. The van der Waals surface area contributed by atoms with Gasteiger partial charge in [0.05, 0.1) is 6.20 Å². The van der Waals surface area contributed by atoms with Gasteiger partial charge in [-0.05, 0) is 64.9 Å². The van der Waals surface area contributed by atoms with Crippen LogP contribution < -0.4 is 0 Å². The average Bonchev–Trinajstić information content (AvgIpc) is 3.41. The summed E-state index contributed by atoms with van der Waals surface area (Å²) in [6.45, 7) is 3.41. The molecule has 0 saturated carbocycles. The van der Waals surface area contributed by atoms with Gasteiger partial charge >= 0.3 is 0 Å². The van der Waals surface area contributed by atoms with Gasteiger partial charge in [0.2, 0.25) is 11.8 Å². The van der Waals surface area contributed by atoms with E-state index < -0.39 is 6.04 Å². The third kappa shape index (κ3) is 6.93. The molecule has 226 valence electrons. The maximum atomic E-state index is 14.5. The Balaban J connectivity index is 1.35. The summed E-state index contributed by atoms with van der Waals surface area (Å²) in [5, 5.41) is 4.31. The summed E-state index contributed by atoms with van der Waals surface area (Å²) in [5.74, 6) is -0.260. The van der Waals surface area contributed by atoms with Crippen LogP contribution in [0.4, 0.5) is 0 Å². The predicted octanol–water partition coefficient (Wildman–Crippen LogP) is 6.03. The summed E-state index contributed by atoms with van der Waals surface area (Å²) in [6.07, 6.45) is 9.89. The number of hydrogen-bond donors (Lipinski definition) is 0. The van der Waals surface area contributed by atoms with Crippen LogP contribution in [0, 0.1) is 6.92 Å². The number of carbonyl (C=O) groups is 2. The zero-order chi connectivity index (χ0) is 31.2. The minimum Gasteiger partial charge on any atom is -0.336 e. The molecule has 5 aromatic rings. The van der Waals surface area contributed by atoms with Crippen LogP contribution in [0.1, 0.15) is 33.5 Å². The van der Waals surface area contributed by atoms with Crippen molar-refractivity contribution in [1.29, 1.82) is 0 Å². The molecule has 7 heteroatoms. The molecule has 0 bridgehead atoms. The summed E-state index contributed by atoms with van der Waals surface area (Å²) >= 11 is 0. The quantitative estimate of drug-likeness (QED) is 0.195. The van der Waals surface area contributed by atoms with Gasteiger partial charge in [-0.2, -0.15) is 5.10 Å². The van der Waals surface area contributed by atoms with E-state index in [4.69, 9.17) is 0 Å². The van der Waals surface area contributed by atoms with Gasteiger partial charge < -0.3 is 9.80 Å². The molecule has 1 aliphatic heterocycles. The lowest BCUT2D eigenvalue weighted by molar-refractivity contribution is -0.144. The first-order valence-corrected chi connectivity index (χ1v) is 15.3. The van der Waals surface area contributed by atoms with E-state index in [2.05, 4.69) is 34.3 Å². The van der Waals surface area contributed by atoms with E-state index in [-0.39, 0.29) is 11.8 Å². The lowest BCUT2D eigenvalue weighted by Crippen LogP contribution is -2.52.